The van der Waals surface area contributed by atoms with E-state index in [4.69, 9.17) is 9.84 Å². The third-order valence-corrected chi connectivity index (χ3v) is 6.38. The number of ether oxygens (including phenoxy) is 1. The van der Waals surface area contributed by atoms with Gasteiger partial charge in [-0.1, -0.05) is 60.5 Å². The average Bonchev–Trinajstić information content (AvgIpc) is 2.80. The molecule has 0 radical (unpaired) electrons. The Bertz CT molecular complexity index is 1140. The van der Waals surface area contributed by atoms with Gasteiger partial charge in [0.05, 0.1) is 29.8 Å². The van der Waals surface area contributed by atoms with Crippen molar-refractivity contribution in [2.75, 3.05) is 17.8 Å². The molecule has 2 aromatic carbocycles. The Hall–Kier alpha value is -3.13. The van der Waals surface area contributed by atoms with Crippen LogP contribution >= 0.6 is 11.8 Å². The van der Waals surface area contributed by atoms with Gasteiger partial charge in [0.15, 0.2) is 0 Å². The molecule has 8 heteroatoms. The van der Waals surface area contributed by atoms with Gasteiger partial charge in [0.25, 0.3) is 17.0 Å². The Morgan fingerprint density at radius 3 is 2.69 bits per heavy atom. The minimum Gasteiger partial charge on any atom is -0.854 e. The van der Waals surface area contributed by atoms with Crippen LogP contribution in [-0.4, -0.2) is 28.9 Å². The summed E-state index contributed by atoms with van der Waals surface area (Å²) >= 11 is 1.47. The normalized spacial score (nSPS) is 14.6. The van der Waals surface area contributed by atoms with Gasteiger partial charge in [0.2, 0.25) is 5.91 Å². The molecule has 0 spiro atoms. The maximum atomic E-state index is 13.2. The summed E-state index contributed by atoms with van der Waals surface area (Å²) in [7, 11) is 1.59. The van der Waals surface area contributed by atoms with E-state index in [0.717, 1.165) is 30.6 Å². The van der Waals surface area contributed by atoms with E-state index in [2.05, 4.69) is 11.9 Å². The van der Waals surface area contributed by atoms with Crippen LogP contribution in [0.4, 0.5) is 5.69 Å². The van der Waals surface area contributed by atoms with Crippen LogP contribution in [0.3, 0.4) is 0 Å². The van der Waals surface area contributed by atoms with E-state index in [1.807, 2.05) is 48.5 Å². The lowest BCUT2D eigenvalue weighted by Gasteiger charge is -2.33. The lowest BCUT2D eigenvalue weighted by atomic mass is 10.0. The van der Waals surface area contributed by atoms with Gasteiger partial charge in [0.1, 0.15) is 5.75 Å². The second kappa shape index (κ2) is 9.56. The fraction of sp³-hybridized carbons (Fsp3) is 0.333. The second-order valence-corrected chi connectivity index (χ2v) is 8.63. The van der Waals surface area contributed by atoms with Crippen LogP contribution in [0.1, 0.15) is 44.8 Å². The Balaban J connectivity index is 1.93. The number of benzene rings is 2. The second-order valence-electron chi connectivity index (χ2n) is 7.57. The summed E-state index contributed by atoms with van der Waals surface area (Å²) in [5, 5.41) is 18.4. The van der Waals surface area contributed by atoms with Crippen LogP contribution in [0.25, 0.3) is 11.3 Å². The number of amides is 1. The van der Waals surface area contributed by atoms with E-state index in [1.54, 1.807) is 16.7 Å². The first kappa shape index (κ1) is 22.1. The van der Waals surface area contributed by atoms with Crippen molar-refractivity contribution in [1.82, 2.24) is 10.1 Å². The van der Waals surface area contributed by atoms with Gasteiger partial charge >= 0.3 is 0 Å². The topological polar surface area (TPSA) is 82.3 Å². The molecule has 1 atom stereocenters. The van der Waals surface area contributed by atoms with Crippen molar-refractivity contribution in [3.8, 4) is 22.9 Å². The van der Waals surface area contributed by atoms with Crippen LogP contribution in [0.5, 0.6) is 11.6 Å². The largest absolute Gasteiger partial charge is 0.854 e. The summed E-state index contributed by atoms with van der Waals surface area (Å²) in [6, 6.07) is 14.9. The van der Waals surface area contributed by atoms with Gasteiger partial charge in [-0.3, -0.25) is 4.79 Å². The van der Waals surface area contributed by atoms with Crippen molar-refractivity contribution in [3.63, 3.8) is 0 Å². The number of unbranched alkanes of at least 4 members (excludes halogenated alkanes) is 2. The number of nitrogens with zero attached hydrogens (tertiary/aromatic N) is 4. The predicted molar refractivity (Wildman–Crippen MR) is 122 cm³/mol. The molecular weight excluding hydrogens is 424 g/mol. The van der Waals surface area contributed by atoms with E-state index in [-0.39, 0.29) is 11.8 Å². The molecule has 0 aliphatic carbocycles. The third-order valence-electron chi connectivity index (χ3n) is 5.45. The quantitative estimate of drug-likeness (QED) is 0.310. The fourth-order valence-electron chi connectivity index (χ4n) is 4.01. The maximum absolute atomic E-state index is 13.2. The number of anilines is 1. The van der Waals surface area contributed by atoms with Crippen molar-refractivity contribution in [3.05, 3.63) is 54.1 Å². The molecule has 7 nitrogen and oxygen atoms in total. The summed E-state index contributed by atoms with van der Waals surface area (Å²) in [5.41, 5.74) is 2.40. The highest BCUT2D eigenvalue weighted by molar-refractivity contribution is 7.99. The van der Waals surface area contributed by atoms with Crippen LogP contribution in [-0.2, 0) is 4.79 Å². The number of carbonyl (C=O) groups excluding carboxylic acids is 1. The first-order valence-corrected chi connectivity index (χ1v) is 11.7. The fourth-order valence-corrected chi connectivity index (χ4v) is 4.84. The summed E-state index contributed by atoms with van der Waals surface area (Å²) < 4.78 is 7.24. The summed E-state index contributed by atoms with van der Waals surface area (Å²) in [6.45, 7) is 3.67. The Morgan fingerprint density at radius 2 is 1.94 bits per heavy atom. The molecule has 166 valence electrons. The van der Waals surface area contributed by atoms with Gasteiger partial charge in [-0.05, 0) is 30.7 Å². The predicted octanol–water partition coefficient (Wildman–Crippen LogP) is 3.71. The summed E-state index contributed by atoms with van der Waals surface area (Å²) in [5.74, 6) is 0.937. The molecule has 3 aromatic rings. The molecule has 0 N–H and O–H groups in total. The first-order valence-electron chi connectivity index (χ1n) is 10.7. The number of hydrogen-bond acceptors (Lipinski definition) is 6. The number of para-hydroxylation sites is 2. The Labute approximate surface area is 192 Å². The SMILES string of the molecule is CCCCCSc1nc([O-])c2[n+](n1)C(c1ccccc1OC)N(C(C)=O)c1ccccc1-2. The molecule has 1 unspecified atom stereocenters. The van der Waals surface area contributed by atoms with Crippen LogP contribution < -0.4 is 19.4 Å². The van der Waals surface area contributed by atoms with E-state index in [9.17, 15) is 9.90 Å². The van der Waals surface area contributed by atoms with Gasteiger partial charge in [-0.15, -0.1) is 0 Å². The summed E-state index contributed by atoms with van der Waals surface area (Å²) in [4.78, 5) is 18.8. The summed E-state index contributed by atoms with van der Waals surface area (Å²) in [6.07, 6.45) is 2.59. The van der Waals surface area contributed by atoms with Crippen LogP contribution in [0, 0.1) is 0 Å². The van der Waals surface area contributed by atoms with Gasteiger partial charge in [-0.2, -0.15) is 0 Å². The monoisotopic (exact) mass is 450 g/mol. The molecule has 32 heavy (non-hydrogen) atoms. The molecule has 2 heterocycles. The number of methoxy groups -OCH3 is 1. The standard InChI is InChI=1S/C24H26N4O3S/c1-4-5-10-15-32-24-25-22(30)21-17-11-6-8-13-19(17)27(16(2)29)23(28(21)26-24)18-12-7-9-14-20(18)31-3/h6-9,11-14,23H,4-5,10,15H2,1-3H3. The van der Waals surface area contributed by atoms with E-state index < -0.39 is 6.17 Å². The maximum Gasteiger partial charge on any atom is 0.296 e. The molecule has 1 amide bonds. The molecule has 0 saturated carbocycles. The number of thioether (sulfide) groups is 1. The van der Waals surface area contributed by atoms with Crippen molar-refractivity contribution in [1.29, 1.82) is 0 Å². The van der Waals surface area contributed by atoms with Gasteiger partial charge in [-0.25, -0.2) is 9.88 Å². The van der Waals surface area contributed by atoms with Gasteiger partial charge < -0.3 is 9.84 Å². The minimum atomic E-state index is -0.667. The number of aromatic nitrogens is 3. The molecule has 1 aromatic heterocycles. The first-order chi connectivity index (χ1) is 15.6. The highest BCUT2D eigenvalue weighted by Crippen LogP contribution is 2.42. The Morgan fingerprint density at radius 1 is 1.19 bits per heavy atom. The molecule has 0 saturated heterocycles. The zero-order chi connectivity index (χ0) is 22.7. The van der Waals surface area contributed by atoms with Crippen LogP contribution in [0.2, 0.25) is 0 Å². The average molecular weight is 451 g/mol. The van der Waals surface area contributed by atoms with Crippen molar-refractivity contribution in [2.24, 2.45) is 0 Å². The number of hydrogen-bond donors (Lipinski definition) is 0. The van der Waals surface area contributed by atoms with E-state index in [0.29, 0.717) is 27.9 Å². The number of rotatable bonds is 7. The molecule has 0 fully saturated rings. The molecule has 1 aliphatic heterocycles. The number of carbonyl (C=O) groups is 1. The van der Waals surface area contributed by atoms with E-state index >= 15 is 0 Å². The molecule has 1 aliphatic rings. The minimum absolute atomic E-state index is 0.158. The van der Waals surface area contributed by atoms with Gasteiger partial charge in [0, 0.05) is 17.8 Å². The van der Waals surface area contributed by atoms with Crippen LogP contribution in [0.15, 0.2) is 53.7 Å². The van der Waals surface area contributed by atoms with Crippen molar-refractivity contribution in [2.45, 2.75) is 44.4 Å². The van der Waals surface area contributed by atoms with E-state index in [1.165, 1.54) is 18.7 Å². The lowest BCUT2D eigenvalue weighted by Crippen LogP contribution is -2.58. The lowest BCUT2D eigenvalue weighted by molar-refractivity contribution is -0.764. The molecule has 4 rings (SSSR count). The highest BCUT2D eigenvalue weighted by Gasteiger charge is 2.45. The number of fused-ring (bicyclic) bond motifs is 3. The highest BCUT2D eigenvalue weighted by atomic mass is 32.2. The van der Waals surface area contributed by atoms with Crippen molar-refractivity contribution < 1.29 is 19.3 Å². The molecule has 0 bridgehead atoms. The zero-order valence-corrected chi connectivity index (χ0v) is 19.3. The Kier molecular flexibility index (Phi) is 6.60. The van der Waals surface area contributed by atoms with Crippen molar-refractivity contribution >= 4 is 23.4 Å². The third kappa shape index (κ3) is 4.02. The smallest absolute Gasteiger partial charge is 0.296 e. The zero-order valence-electron chi connectivity index (χ0n) is 18.4. The molecular formula is C24H26N4O3S.